The molecule has 4 heterocycles. The molecule has 0 saturated carbocycles. The van der Waals surface area contributed by atoms with Crippen LogP contribution in [0.4, 0.5) is 0 Å². The maximum Gasteiger partial charge on any atom is 0.238 e. The van der Waals surface area contributed by atoms with Gasteiger partial charge in [-0.2, -0.15) is 9.97 Å². The molecule has 0 aliphatic heterocycles. The predicted molar refractivity (Wildman–Crippen MR) is 253 cm³/mol. The van der Waals surface area contributed by atoms with Crippen LogP contribution < -0.4 is 0 Å². The summed E-state index contributed by atoms with van der Waals surface area (Å²) in [5, 5.41) is 4.63. The van der Waals surface area contributed by atoms with Crippen molar-refractivity contribution in [2.45, 2.75) is 0 Å². The quantitative estimate of drug-likeness (QED) is 0.161. The van der Waals surface area contributed by atoms with Gasteiger partial charge in [0.1, 0.15) is 0 Å². The average molecular weight is 793 g/mol. The zero-order valence-electron chi connectivity index (χ0n) is 33.5. The lowest BCUT2D eigenvalue weighted by atomic mass is 10.0. The maximum absolute atomic E-state index is 5.19. The molecule has 0 unspecified atom stereocenters. The molecule has 4 aromatic heterocycles. The predicted octanol–water partition coefficient (Wildman–Crippen LogP) is 13.8. The van der Waals surface area contributed by atoms with Gasteiger partial charge >= 0.3 is 0 Å². The van der Waals surface area contributed by atoms with E-state index in [-0.39, 0.29) is 0 Å². The van der Waals surface area contributed by atoms with Crippen LogP contribution in [0.25, 0.3) is 112 Å². The van der Waals surface area contributed by atoms with Gasteiger partial charge in [-0.25, -0.2) is 9.97 Å². The number of hydrogen-bond acceptors (Lipinski definition) is 4. The number of nitrogens with zero attached hydrogens (tertiary/aromatic N) is 6. The van der Waals surface area contributed by atoms with Crippen LogP contribution in [0.5, 0.6) is 0 Å². The molecule has 8 aromatic carbocycles. The van der Waals surface area contributed by atoms with E-state index in [9.17, 15) is 0 Å². The Hall–Kier alpha value is -8.48. The van der Waals surface area contributed by atoms with Crippen LogP contribution in [0.1, 0.15) is 0 Å². The van der Waals surface area contributed by atoms with E-state index in [0.29, 0.717) is 17.6 Å². The maximum atomic E-state index is 5.19. The van der Waals surface area contributed by atoms with Gasteiger partial charge in [-0.1, -0.05) is 170 Å². The zero-order valence-corrected chi connectivity index (χ0v) is 33.5. The molecule has 0 fully saturated rings. The Bertz CT molecular complexity index is 3550. The number of pyridine rings is 1. The third-order valence-corrected chi connectivity index (χ3v) is 11.8. The summed E-state index contributed by atoms with van der Waals surface area (Å²) in [5.74, 6) is 1.82. The summed E-state index contributed by atoms with van der Waals surface area (Å²) in [6.45, 7) is 0. The van der Waals surface area contributed by atoms with Crippen molar-refractivity contribution in [3.8, 4) is 68.1 Å². The first kappa shape index (κ1) is 35.5. The fraction of sp³-hybridized carbons (Fsp3) is 0. The smallest absolute Gasteiger partial charge is 0.238 e. The van der Waals surface area contributed by atoms with Crippen LogP contribution in [-0.4, -0.2) is 29.1 Å². The molecule has 6 nitrogen and oxygen atoms in total. The number of fused-ring (bicyclic) bond motifs is 7. The van der Waals surface area contributed by atoms with E-state index in [0.717, 1.165) is 72.2 Å². The van der Waals surface area contributed by atoms with E-state index in [1.165, 1.54) is 21.9 Å². The Balaban J connectivity index is 1.02. The second-order valence-corrected chi connectivity index (χ2v) is 15.5. The van der Waals surface area contributed by atoms with Gasteiger partial charge in [-0.05, 0) is 59.7 Å². The van der Waals surface area contributed by atoms with Crippen molar-refractivity contribution in [1.82, 2.24) is 29.1 Å². The highest BCUT2D eigenvalue weighted by Crippen LogP contribution is 2.42. The van der Waals surface area contributed by atoms with Gasteiger partial charge in [0.15, 0.2) is 11.6 Å². The molecular formula is C56H36N6. The van der Waals surface area contributed by atoms with Gasteiger partial charge in [0, 0.05) is 49.5 Å². The first-order chi connectivity index (χ1) is 30.7. The van der Waals surface area contributed by atoms with Crippen LogP contribution in [0.3, 0.4) is 0 Å². The van der Waals surface area contributed by atoms with Gasteiger partial charge in [-0.15, -0.1) is 0 Å². The van der Waals surface area contributed by atoms with Crippen LogP contribution >= 0.6 is 0 Å². The summed E-state index contributed by atoms with van der Waals surface area (Å²) >= 11 is 0. The van der Waals surface area contributed by atoms with E-state index in [1.54, 1.807) is 0 Å². The summed E-state index contributed by atoms with van der Waals surface area (Å²) < 4.78 is 4.58. The Labute approximate surface area is 357 Å². The molecule has 0 amide bonds. The van der Waals surface area contributed by atoms with Crippen molar-refractivity contribution in [3.05, 3.63) is 218 Å². The lowest BCUT2D eigenvalue weighted by Crippen LogP contribution is -2.06. The van der Waals surface area contributed by atoms with E-state index < -0.39 is 0 Å². The van der Waals surface area contributed by atoms with Gasteiger partial charge in [0.25, 0.3) is 0 Å². The first-order valence-electron chi connectivity index (χ1n) is 20.8. The molecule has 0 bridgehead atoms. The average Bonchev–Trinajstić information content (AvgIpc) is 3.88. The molecule has 0 saturated heterocycles. The van der Waals surface area contributed by atoms with Crippen molar-refractivity contribution in [1.29, 1.82) is 0 Å². The summed E-state index contributed by atoms with van der Waals surface area (Å²) in [6, 6.07) is 76.2. The van der Waals surface area contributed by atoms with E-state index in [2.05, 4.69) is 161 Å². The number of benzene rings is 8. The van der Waals surface area contributed by atoms with Gasteiger partial charge < -0.3 is 4.57 Å². The number of aromatic nitrogens is 6. The standard InChI is InChI=1S/C56H36N6/c1-4-16-37(17-5-1)38-30-32-39(33-31-38)46-26-15-27-47(57-46)42-22-14-23-43(36-42)61-48-28-12-10-24-44(48)52-50(61)34-35-51-53(52)45-25-11-13-29-49(45)62(51)56-59-54(40-18-6-2-7-19-40)58-55(60-56)41-20-8-3-9-21-41/h1-36H. The van der Waals surface area contributed by atoms with Gasteiger partial charge in [0.2, 0.25) is 5.95 Å². The Morgan fingerprint density at radius 3 is 1.34 bits per heavy atom. The Morgan fingerprint density at radius 2 is 0.726 bits per heavy atom. The van der Waals surface area contributed by atoms with Crippen molar-refractivity contribution in [3.63, 3.8) is 0 Å². The van der Waals surface area contributed by atoms with Crippen LogP contribution in [0.2, 0.25) is 0 Å². The zero-order chi connectivity index (χ0) is 41.0. The summed E-state index contributed by atoms with van der Waals surface area (Å²) in [4.78, 5) is 20.5. The molecule has 0 radical (unpaired) electrons. The highest BCUT2D eigenvalue weighted by Gasteiger charge is 2.23. The normalized spacial score (nSPS) is 11.5. The van der Waals surface area contributed by atoms with Crippen LogP contribution in [0, 0.1) is 0 Å². The molecule has 0 aliphatic rings. The molecule has 0 N–H and O–H groups in total. The van der Waals surface area contributed by atoms with Gasteiger partial charge in [0.05, 0.1) is 33.5 Å². The topological polar surface area (TPSA) is 61.4 Å². The largest absolute Gasteiger partial charge is 0.309 e. The third kappa shape index (κ3) is 5.96. The second kappa shape index (κ2) is 14.7. The van der Waals surface area contributed by atoms with E-state index >= 15 is 0 Å². The molecule has 12 aromatic rings. The van der Waals surface area contributed by atoms with Crippen LogP contribution in [-0.2, 0) is 0 Å². The molecule has 6 heteroatoms. The molecular weight excluding hydrogens is 757 g/mol. The Kier molecular flexibility index (Phi) is 8.38. The van der Waals surface area contributed by atoms with Crippen LogP contribution in [0.15, 0.2) is 218 Å². The number of rotatable bonds is 7. The highest BCUT2D eigenvalue weighted by molar-refractivity contribution is 6.28. The fourth-order valence-corrected chi connectivity index (χ4v) is 8.93. The summed E-state index contributed by atoms with van der Waals surface area (Å²) in [5.41, 5.74) is 13.6. The summed E-state index contributed by atoms with van der Waals surface area (Å²) in [7, 11) is 0. The highest BCUT2D eigenvalue weighted by atomic mass is 15.2. The molecule has 0 atom stereocenters. The van der Waals surface area contributed by atoms with Crippen molar-refractivity contribution < 1.29 is 0 Å². The lowest BCUT2D eigenvalue weighted by Gasteiger charge is -2.12. The van der Waals surface area contributed by atoms with Crippen molar-refractivity contribution >= 4 is 43.6 Å². The molecule has 12 rings (SSSR count). The minimum Gasteiger partial charge on any atom is -0.309 e. The van der Waals surface area contributed by atoms with E-state index in [4.69, 9.17) is 19.9 Å². The third-order valence-electron chi connectivity index (χ3n) is 11.8. The fourth-order valence-electron chi connectivity index (χ4n) is 8.93. The first-order valence-corrected chi connectivity index (χ1v) is 20.8. The monoisotopic (exact) mass is 792 g/mol. The van der Waals surface area contributed by atoms with Crippen molar-refractivity contribution in [2.24, 2.45) is 0 Å². The molecule has 62 heavy (non-hydrogen) atoms. The minimum atomic E-state index is 0.571. The molecule has 0 spiro atoms. The Morgan fingerprint density at radius 1 is 0.274 bits per heavy atom. The second-order valence-electron chi connectivity index (χ2n) is 15.5. The number of para-hydroxylation sites is 2. The lowest BCUT2D eigenvalue weighted by molar-refractivity contribution is 0.953. The molecule has 290 valence electrons. The minimum absolute atomic E-state index is 0.571. The van der Waals surface area contributed by atoms with Crippen molar-refractivity contribution in [2.75, 3.05) is 0 Å². The number of hydrogen-bond donors (Lipinski definition) is 0. The summed E-state index contributed by atoms with van der Waals surface area (Å²) in [6.07, 6.45) is 0. The SMILES string of the molecule is c1ccc(-c2ccc(-c3cccc(-c4cccc(-n5c6ccccc6c6c7c8ccccc8n(-c8nc(-c9ccccc9)nc(-c9ccccc9)n8)c7ccc65)c4)n3)cc2)cc1. The van der Waals surface area contributed by atoms with E-state index in [1.807, 2.05) is 66.7 Å². The molecule has 0 aliphatic carbocycles. The van der Waals surface area contributed by atoms with Gasteiger partial charge in [-0.3, -0.25) is 4.57 Å².